The van der Waals surface area contributed by atoms with Crippen LogP contribution in [0, 0.1) is 5.92 Å². The van der Waals surface area contributed by atoms with Gasteiger partial charge in [-0.05, 0) is 42.0 Å². The molecule has 16 heavy (non-hydrogen) atoms. The number of pyridine rings is 1. The lowest BCUT2D eigenvalue weighted by Gasteiger charge is -2.11. The van der Waals surface area contributed by atoms with E-state index in [9.17, 15) is 0 Å². The topological polar surface area (TPSA) is 24.9 Å². The van der Waals surface area contributed by atoms with E-state index in [1.165, 1.54) is 22.8 Å². The van der Waals surface area contributed by atoms with Gasteiger partial charge in [-0.15, -0.1) is 0 Å². The second-order valence-corrected chi connectivity index (χ2v) is 4.78. The van der Waals surface area contributed by atoms with Crippen LogP contribution in [-0.2, 0) is 0 Å². The van der Waals surface area contributed by atoms with Crippen molar-refractivity contribution in [1.29, 1.82) is 0 Å². The quantitative estimate of drug-likeness (QED) is 0.786. The lowest BCUT2D eigenvalue weighted by atomic mass is 9.99. The molecule has 1 aromatic heterocycles. The average molecular weight is 212 g/mol. The number of hydrogen-bond acceptors (Lipinski definition) is 2. The lowest BCUT2D eigenvalue weighted by Crippen LogP contribution is -2.13. The average Bonchev–Trinajstić information content (AvgIpc) is 2.75. The molecule has 2 heteroatoms. The van der Waals surface area contributed by atoms with Gasteiger partial charge in [-0.2, -0.15) is 0 Å². The minimum atomic E-state index is 0.535. The van der Waals surface area contributed by atoms with E-state index in [2.05, 4.69) is 41.5 Å². The molecule has 0 unspecified atom stereocenters. The molecule has 1 N–H and O–H groups in total. The van der Waals surface area contributed by atoms with E-state index in [1.807, 2.05) is 12.4 Å². The van der Waals surface area contributed by atoms with Crippen molar-refractivity contribution in [3.8, 4) is 0 Å². The van der Waals surface area contributed by atoms with Crippen LogP contribution in [0.25, 0.3) is 10.8 Å². The second kappa shape index (κ2) is 3.87. The summed E-state index contributed by atoms with van der Waals surface area (Å²) in [5.74, 6) is 0.790. The number of fused-ring (bicyclic) bond motifs is 1. The van der Waals surface area contributed by atoms with E-state index in [0.717, 1.165) is 12.5 Å². The highest BCUT2D eigenvalue weighted by molar-refractivity contribution is 5.82. The Hall–Kier alpha value is -1.41. The van der Waals surface area contributed by atoms with Crippen molar-refractivity contribution < 1.29 is 0 Å². The Labute approximate surface area is 95.7 Å². The van der Waals surface area contributed by atoms with Gasteiger partial charge in [-0.25, -0.2) is 0 Å². The normalized spacial score (nSPS) is 25.1. The van der Waals surface area contributed by atoms with Gasteiger partial charge in [0, 0.05) is 23.8 Å². The Bertz CT molecular complexity index is 507. The molecule has 2 atom stereocenters. The molecule has 2 nitrogen and oxygen atoms in total. The van der Waals surface area contributed by atoms with E-state index >= 15 is 0 Å². The maximum absolute atomic E-state index is 4.14. The highest BCUT2D eigenvalue weighted by Crippen LogP contribution is 2.28. The standard InChI is InChI=1S/C14H16N2/c1-10-6-14(16-8-10)12-2-3-13-9-15-5-4-11(13)7-12/h2-5,7,9-10,14,16H,6,8H2,1H3/t10-,14-/m1/s1. The summed E-state index contributed by atoms with van der Waals surface area (Å²) in [7, 11) is 0. The molecule has 3 rings (SSSR count). The van der Waals surface area contributed by atoms with E-state index in [0.29, 0.717) is 6.04 Å². The Morgan fingerprint density at radius 1 is 1.25 bits per heavy atom. The summed E-state index contributed by atoms with van der Waals surface area (Å²) >= 11 is 0. The van der Waals surface area contributed by atoms with Crippen molar-refractivity contribution in [2.75, 3.05) is 6.54 Å². The molecule has 0 saturated carbocycles. The third-order valence-electron chi connectivity index (χ3n) is 3.42. The van der Waals surface area contributed by atoms with Gasteiger partial charge in [0.2, 0.25) is 0 Å². The third-order valence-corrected chi connectivity index (χ3v) is 3.42. The first-order chi connectivity index (χ1) is 7.83. The molecule has 0 bridgehead atoms. The molecule has 2 aromatic rings. The summed E-state index contributed by atoms with van der Waals surface area (Å²) in [6.07, 6.45) is 5.03. The van der Waals surface area contributed by atoms with Crippen molar-refractivity contribution in [3.05, 3.63) is 42.2 Å². The fourth-order valence-corrected chi connectivity index (χ4v) is 2.48. The van der Waals surface area contributed by atoms with Crippen molar-refractivity contribution in [2.24, 2.45) is 5.92 Å². The smallest absolute Gasteiger partial charge is 0.0346 e. The second-order valence-electron chi connectivity index (χ2n) is 4.78. The minimum Gasteiger partial charge on any atom is -0.310 e. The van der Waals surface area contributed by atoms with Crippen LogP contribution >= 0.6 is 0 Å². The molecule has 1 aliphatic heterocycles. The summed E-state index contributed by atoms with van der Waals surface area (Å²) in [6.45, 7) is 3.44. The van der Waals surface area contributed by atoms with E-state index < -0.39 is 0 Å². The molecule has 1 aliphatic rings. The van der Waals surface area contributed by atoms with Gasteiger partial charge in [-0.3, -0.25) is 4.98 Å². The predicted molar refractivity (Wildman–Crippen MR) is 66.3 cm³/mol. The molecule has 1 aromatic carbocycles. The molecule has 82 valence electrons. The van der Waals surface area contributed by atoms with Crippen LogP contribution < -0.4 is 5.32 Å². The first-order valence-corrected chi connectivity index (χ1v) is 5.90. The van der Waals surface area contributed by atoms with Crippen LogP contribution in [0.5, 0.6) is 0 Å². The summed E-state index contributed by atoms with van der Waals surface area (Å²) in [5, 5.41) is 6.08. The van der Waals surface area contributed by atoms with E-state index in [1.54, 1.807) is 0 Å². The molecule has 1 fully saturated rings. The van der Waals surface area contributed by atoms with Crippen molar-refractivity contribution >= 4 is 10.8 Å². The zero-order valence-electron chi connectivity index (χ0n) is 9.48. The van der Waals surface area contributed by atoms with Crippen molar-refractivity contribution in [2.45, 2.75) is 19.4 Å². The van der Waals surface area contributed by atoms with Crippen molar-refractivity contribution in [3.63, 3.8) is 0 Å². The van der Waals surface area contributed by atoms with E-state index in [-0.39, 0.29) is 0 Å². The third kappa shape index (κ3) is 1.69. The Kier molecular flexibility index (Phi) is 2.37. The molecule has 1 saturated heterocycles. The highest BCUT2D eigenvalue weighted by Gasteiger charge is 2.21. The number of nitrogens with zero attached hydrogens (tertiary/aromatic N) is 1. The number of nitrogens with one attached hydrogen (secondary N) is 1. The summed E-state index contributed by atoms with van der Waals surface area (Å²) in [4.78, 5) is 4.14. The molecule has 0 radical (unpaired) electrons. The van der Waals surface area contributed by atoms with Gasteiger partial charge in [0.25, 0.3) is 0 Å². The largest absolute Gasteiger partial charge is 0.310 e. The Morgan fingerprint density at radius 2 is 2.19 bits per heavy atom. The molecule has 0 aliphatic carbocycles. The summed E-state index contributed by atoms with van der Waals surface area (Å²) in [5.41, 5.74) is 1.41. The lowest BCUT2D eigenvalue weighted by molar-refractivity contribution is 0.612. The van der Waals surface area contributed by atoms with Crippen LogP contribution in [0.15, 0.2) is 36.7 Å². The Morgan fingerprint density at radius 3 is 3.00 bits per heavy atom. The van der Waals surface area contributed by atoms with Crippen LogP contribution in [0.4, 0.5) is 0 Å². The van der Waals surface area contributed by atoms with Gasteiger partial charge in [-0.1, -0.05) is 19.1 Å². The maximum Gasteiger partial charge on any atom is 0.0346 e. The molecular weight excluding hydrogens is 196 g/mol. The van der Waals surface area contributed by atoms with Gasteiger partial charge < -0.3 is 5.32 Å². The van der Waals surface area contributed by atoms with Crippen LogP contribution in [0.2, 0.25) is 0 Å². The summed E-state index contributed by atoms with van der Waals surface area (Å²) < 4.78 is 0. The first-order valence-electron chi connectivity index (χ1n) is 5.90. The zero-order valence-corrected chi connectivity index (χ0v) is 9.48. The fraction of sp³-hybridized carbons (Fsp3) is 0.357. The van der Waals surface area contributed by atoms with Gasteiger partial charge in [0.05, 0.1) is 0 Å². The molecular formula is C14H16N2. The number of benzene rings is 1. The number of rotatable bonds is 1. The van der Waals surface area contributed by atoms with Crippen LogP contribution in [-0.4, -0.2) is 11.5 Å². The number of hydrogen-bond donors (Lipinski definition) is 1. The van der Waals surface area contributed by atoms with E-state index in [4.69, 9.17) is 0 Å². The molecule has 0 amide bonds. The van der Waals surface area contributed by atoms with Gasteiger partial charge in [0.15, 0.2) is 0 Å². The van der Waals surface area contributed by atoms with Gasteiger partial charge in [0.1, 0.15) is 0 Å². The molecule has 2 heterocycles. The highest BCUT2D eigenvalue weighted by atomic mass is 14.9. The van der Waals surface area contributed by atoms with Crippen LogP contribution in [0.1, 0.15) is 24.9 Å². The summed E-state index contributed by atoms with van der Waals surface area (Å²) in [6, 6.07) is 9.29. The van der Waals surface area contributed by atoms with Crippen LogP contribution in [0.3, 0.4) is 0 Å². The fourth-order valence-electron chi connectivity index (χ4n) is 2.48. The zero-order chi connectivity index (χ0) is 11.0. The first kappa shape index (κ1) is 9.79. The maximum atomic E-state index is 4.14. The number of aromatic nitrogens is 1. The molecule has 0 spiro atoms. The van der Waals surface area contributed by atoms with Crippen molar-refractivity contribution in [1.82, 2.24) is 10.3 Å². The monoisotopic (exact) mass is 212 g/mol. The minimum absolute atomic E-state index is 0.535. The predicted octanol–water partition coefficient (Wildman–Crippen LogP) is 2.91. The van der Waals surface area contributed by atoms with Gasteiger partial charge >= 0.3 is 0 Å². The Balaban J connectivity index is 1.99. The SMILES string of the molecule is C[C@H]1CN[C@@H](c2ccc3cnccc3c2)C1.